The zero-order valence-corrected chi connectivity index (χ0v) is 7.70. The van der Waals surface area contributed by atoms with Gasteiger partial charge in [-0.2, -0.15) is 4.99 Å². The molecule has 4 bridgehead atoms. The summed E-state index contributed by atoms with van der Waals surface area (Å²) in [5.74, 6) is 2.45. The van der Waals surface area contributed by atoms with E-state index in [1.807, 2.05) is 0 Å². The second kappa shape index (κ2) is 2.45. The van der Waals surface area contributed by atoms with Gasteiger partial charge in [-0.25, -0.2) is 4.79 Å². The van der Waals surface area contributed by atoms with E-state index in [1.54, 1.807) is 6.08 Å². The number of hydrogen-bond donors (Lipinski definition) is 0. The highest BCUT2D eigenvalue weighted by atomic mass is 16.1. The zero-order chi connectivity index (χ0) is 8.89. The van der Waals surface area contributed by atoms with Crippen molar-refractivity contribution in [2.75, 3.05) is 0 Å². The van der Waals surface area contributed by atoms with E-state index in [9.17, 15) is 4.79 Å². The maximum Gasteiger partial charge on any atom is 0.235 e. The van der Waals surface area contributed by atoms with E-state index < -0.39 is 0 Å². The largest absolute Gasteiger partial charge is 0.235 e. The molecule has 69 valence electrons. The molecule has 2 unspecified atom stereocenters. The van der Waals surface area contributed by atoms with Crippen molar-refractivity contribution in [1.29, 1.82) is 0 Å². The van der Waals surface area contributed by atoms with E-state index in [-0.39, 0.29) is 5.54 Å². The van der Waals surface area contributed by atoms with Crippen LogP contribution in [0.5, 0.6) is 0 Å². The van der Waals surface area contributed by atoms with E-state index in [1.165, 1.54) is 19.3 Å². The van der Waals surface area contributed by atoms with Crippen LogP contribution in [0.4, 0.5) is 0 Å². The van der Waals surface area contributed by atoms with E-state index in [4.69, 9.17) is 0 Å². The molecule has 4 fully saturated rings. The van der Waals surface area contributed by atoms with Crippen molar-refractivity contribution < 1.29 is 4.79 Å². The number of aliphatic imine (C=N–C) groups is 1. The minimum absolute atomic E-state index is 0.0729. The molecule has 2 nitrogen and oxygen atoms in total. The van der Waals surface area contributed by atoms with Crippen molar-refractivity contribution in [1.82, 2.24) is 0 Å². The molecule has 0 aliphatic heterocycles. The fourth-order valence-corrected chi connectivity index (χ4v) is 3.96. The van der Waals surface area contributed by atoms with Gasteiger partial charge < -0.3 is 0 Å². The van der Waals surface area contributed by atoms with Crippen molar-refractivity contribution in [2.24, 2.45) is 22.7 Å². The van der Waals surface area contributed by atoms with Gasteiger partial charge in [0, 0.05) is 0 Å². The Morgan fingerprint density at radius 3 is 2.46 bits per heavy atom. The molecule has 4 saturated carbocycles. The van der Waals surface area contributed by atoms with Gasteiger partial charge in [0.2, 0.25) is 6.08 Å². The topological polar surface area (TPSA) is 29.4 Å². The van der Waals surface area contributed by atoms with Gasteiger partial charge >= 0.3 is 0 Å². The van der Waals surface area contributed by atoms with Crippen LogP contribution < -0.4 is 0 Å². The highest BCUT2D eigenvalue weighted by molar-refractivity contribution is 5.37. The van der Waals surface area contributed by atoms with Crippen LogP contribution in [0.1, 0.15) is 32.1 Å². The molecule has 0 aromatic carbocycles. The number of nitrogens with zero attached hydrogens (tertiary/aromatic N) is 1. The maximum atomic E-state index is 10.4. The van der Waals surface area contributed by atoms with Crippen LogP contribution in [0.3, 0.4) is 0 Å². The molecule has 4 aliphatic rings. The Bertz CT molecular complexity index is 243. The predicted molar refractivity (Wildman–Crippen MR) is 48.7 cm³/mol. The standard InChI is InChI=1S/C11H14NO/c13-7-12-11-4-8-1-9(5-11)3-10(2-8)6-11/h4,8-10H,1-3,5-6H2. The first-order valence-corrected chi connectivity index (χ1v) is 5.25. The molecule has 0 amide bonds. The lowest BCUT2D eigenvalue weighted by Gasteiger charge is -2.53. The minimum atomic E-state index is -0.0729. The molecule has 1 radical (unpaired) electrons. The molecule has 0 aromatic rings. The third-order valence-electron chi connectivity index (χ3n) is 4.04. The molecule has 13 heavy (non-hydrogen) atoms. The lowest BCUT2D eigenvalue weighted by Crippen LogP contribution is -2.49. The number of isocyanates is 1. The lowest BCUT2D eigenvalue weighted by atomic mass is 9.53. The molecule has 0 spiro atoms. The van der Waals surface area contributed by atoms with Crippen molar-refractivity contribution in [2.45, 2.75) is 37.6 Å². The average molecular weight is 176 g/mol. The van der Waals surface area contributed by atoms with Gasteiger partial charge in [-0.15, -0.1) is 0 Å². The smallest absolute Gasteiger partial charge is 0.211 e. The van der Waals surface area contributed by atoms with Crippen LogP contribution in [0, 0.1) is 24.2 Å². The van der Waals surface area contributed by atoms with E-state index in [2.05, 4.69) is 11.4 Å². The Morgan fingerprint density at radius 1 is 1.23 bits per heavy atom. The SMILES string of the molecule is O=C=NC12[CH]C3CC(CC(C3)C1)C2. The van der Waals surface area contributed by atoms with E-state index >= 15 is 0 Å². The van der Waals surface area contributed by atoms with Crippen molar-refractivity contribution >= 4 is 6.08 Å². The van der Waals surface area contributed by atoms with Gasteiger partial charge in [0.25, 0.3) is 0 Å². The van der Waals surface area contributed by atoms with Crippen LogP contribution in [-0.2, 0) is 4.79 Å². The third kappa shape index (κ3) is 1.08. The number of hydrogen-bond acceptors (Lipinski definition) is 2. The van der Waals surface area contributed by atoms with Crippen LogP contribution in [0.2, 0.25) is 0 Å². The highest BCUT2D eigenvalue weighted by Gasteiger charge is 2.51. The van der Waals surface area contributed by atoms with Crippen LogP contribution in [-0.4, -0.2) is 11.6 Å². The second-order valence-electron chi connectivity index (χ2n) is 5.08. The first-order valence-electron chi connectivity index (χ1n) is 5.25. The molecule has 2 atom stereocenters. The second-order valence-corrected chi connectivity index (χ2v) is 5.08. The van der Waals surface area contributed by atoms with Gasteiger partial charge in [0.15, 0.2) is 0 Å². The third-order valence-corrected chi connectivity index (χ3v) is 4.04. The van der Waals surface area contributed by atoms with Crippen LogP contribution in [0.25, 0.3) is 0 Å². The lowest BCUT2D eigenvalue weighted by molar-refractivity contribution is 0.0474. The van der Waals surface area contributed by atoms with E-state index in [0.717, 1.165) is 30.6 Å². The van der Waals surface area contributed by atoms with Crippen molar-refractivity contribution in [3.63, 3.8) is 0 Å². The monoisotopic (exact) mass is 176 g/mol. The first kappa shape index (κ1) is 7.75. The quantitative estimate of drug-likeness (QED) is 0.444. The summed E-state index contributed by atoms with van der Waals surface area (Å²) < 4.78 is 0. The number of rotatable bonds is 1. The van der Waals surface area contributed by atoms with Crippen LogP contribution >= 0.6 is 0 Å². The average Bonchev–Trinajstić information content (AvgIpc) is 2.00. The number of carbonyl (C=O) groups excluding carboxylic acids is 1. The Morgan fingerprint density at radius 2 is 1.92 bits per heavy atom. The summed E-state index contributed by atoms with van der Waals surface area (Å²) in [6.07, 6.45) is 10.4. The van der Waals surface area contributed by atoms with Crippen molar-refractivity contribution in [3.05, 3.63) is 6.42 Å². The fourth-order valence-electron chi connectivity index (χ4n) is 3.96. The Hall–Kier alpha value is -0.620. The van der Waals surface area contributed by atoms with Gasteiger partial charge in [0.1, 0.15) is 0 Å². The molecule has 0 heterocycles. The summed E-state index contributed by atoms with van der Waals surface area (Å²) in [6.45, 7) is 0. The summed E-state index contributed by atoms with van der Waals surface area (Å²) in [7, 11) is 0. The Kier molecular flexibility index (Phi) is 1.46. The molecule has 4 rings (SSSR count). The summed E-state index contributed by atoms with van der Waals surface area (Å²) in [5, 5.41) is 0. The molecule has 4 aliphatic carbocycles. The zero-order valence-electron chi connectivity index (χ0n) is 7.70. The summed E-state index contributed by atoms with van der Waals surface area (Å²) >= 11 is 0. The molecule has 0 N–H and O–H groups in total. The van der Waals surface area contributed by atoms with Crippen LogP contribution in [0.15, 0.2) is 4.99 Å². The predicted octanol–water partition coefficient (Wildman–Crippen LogP) is 2.11. The normalized spacial score (nSPS) is 51.8. The van der Waals surface area contributed by atoms with Gasteiger partial charge in [-0.05, 0) is 56.3 Å². The summed E-state index contributed by atoms with van der Waals surface area (Å²) in [6, 6.07) is 0. The van der Waals surface area contributed by atoms with Crippen molar-refractivity contribution in [3.8, 4) is 0 Å². The molecule has 2 heteroatoms. The Labute approximate surface area is 78.4 Å². The fraction of sp³-hybridized carbons (Fsp3) is 0.818. The van der Waals surface area contributed by atoms with Gasteiger partial charge in [0.05, 0.1) is 5.54 Å². The Balaban J connectivity index is 1.95. The van der Waals surface area contributed by atoms with Gasteiger partial charge in [-0.1, -0.05) is 0 Å². The first-order chi connectivity index (χ1) is 6.30. The maximum absolute atomic E-state index is 10.4. The molecule has 0 aromatic heterocycles. The van der Waals surface area contributed by atoms with E-state index in [0.29, 0.717) is 0 Å². The summed E-state index contributed by atoms with van der Waals surface area (Å²) in [5.41, 5.74) is -0.0729. The highest BCUT2D eigenvalue weighted by Crippen LogP contribution is 2.56. The molecular formula is C11H14NO. The molecular weight excluding hydrogens is 162 g/mol. The molecule has 0 saturated heterocycles. The van der Waals surface area contributed by atoms with Gasteiger partial charge in [-0.3, -0.25) is 0 Å². The summed E-state index contributed by atoms with van der Waals surface area (Å²) in [4.78, 5) is 14.4. The minimum Gasteiger partial charge on any atom is -0.211 e.